The van der Waals surface area contributed by atoms with Gasteiger partial charge in [0.15, 0.2) is 6.10 Å². The molecular weight excluding hydrogens is 282 g/mol. The molecule has 7 heteroatoms. The highest BCUT2D eigenvalue weighted by Gasteiger charge is 2.19. The minimum atomic E-state index is -0.912. The summed E-state index contributed by atoms with van der Waals surface area (Å²) in [5.74, 6) is -0.0844. The topological polar surface area (TPSA) is 93.4 Å². The normalized spacial score (nSPS) is 13.4. The second-order valence-corrected chi connectivity index (χ2v) is 4.74. The van der Waals surface area contributed by atoms with E-state index in [2.05, 4.69) is 5.32 Å². The van der Waals surface area contributed by atoms with Crippen LogP contribution in [0.1, 0.15) is 25.5 Å². The molecule has 0 bridgehead atoms. The zero-order chi connectivity index (χ0) is 15.3. The molecule has 20 heavy (non-hydrogen) atoms. The Bertz CT molecular complexity index is 508. The van der Waals surface area contributed by atoms with Crippen LogP contribution in [0.25, 0.3) is 0 Å². The first kappa shape index (κ1) is 16.3. The number of hydrogen-bond acceptors (Lipinski definition) is 4. The van der Waals surface area contributed by atoms with Gasteiger partial charge in [0, 0.05) is 16.6 Å². The van der Waals surface area contributed by atoms with Gasteiger partial charge in [-0.15, -0.1) is 0 Å². The van der Waals surface area contributed by atoms with E-state index in [4.69, 9.17) is 22.1 Å². The highest BCUT2D eigenvalue weighted by Crippen LogP contribution is 2.29. The van der Waals surface area contributed by atoms with Crippen LogP contribution in [-0.2, 0) is 4.79 Å². The largest absolute Gasteiger partial charge is 0.481 e. The molecule has 1 aromatic carbocycles. The Balaban J connectivity index is 2.91. The van der Waals surface area contributed by atoms with Crippen molar-refractivity contribution in [3.8, 4) is 5.75 Å². The van der Waals surface area contributed by atoms with Crippen LogP contribution < -0.4 is 21.1 Å². The lowest BCUT2D eigenvalue weighted by atomic mass is 10.1. The fourth-order valence-corrected chi connectivity index (χ4v) is 1.77. The predicted octanol–water partition coefficient (Wildman–Crippen LogP) is 1.58. The number of carbonyl (C=O) groups excluding carboxylic acids is 2. The molecule has 0 aromatic heterocycles. The minimum Gasteiger partial charge on any atom is -0.481 e. The zero-order valence-corrected chi connectivity index (χ0v) is 12.3. The summed E-state index contributed by atoms with van der Waals surface area (Å²) in [6.07, 6.45) is -0.855. The summed E-state index contributed by atoms with van der Waals surface area (Å²) >= 11 is 5.96. The maximum atomic E-state index is 11.6. The smallest absolute Gasteiger partial charge is 0.318 e. The lowest BCUT2D eigenvalue weighted by Crippen LogP contribution is -2.42. The Morgan fingerprint density at radius 3 is 2.55 bits per heavy atom. The monoisotopic (exact) mass is 299 g/mol. The van der Waals surface area contributed by atoms with Gasteiger partial charge in [0.2, 0.25) is 0 Å². The van der Waals surface area contributed by atoms with Gasteiger partial charge in [-0.05, 0) is 39.1 Å². The van der Waals surface area contributed by atoms with Gasteiger partial charge in [0.1, 0.15) is 5.75 Å². The maximum absolute atomic E-state index is 11.6. The third kappa shape index (κ3) is 4.40. The molecule has 2 atom stereocenters. The predicted molar refractivity (Wildman–Crippen MR) is 76.7 cm³/mol. The summed E-state index contributed by atoms with van der Waals surface area (Å²) in [6, 6.07) is 4.19. The lowest BCUT2D eigenvalue weighted by Gasteiger charge is -2.20. The number of primary amides is 1. The molecule has 0 aliphatic carbocycles. The molecule has 3 amide bonds. The Hall–Kier alpha value is -1.79. The summed E-state index contributed by atoms with van der Waals surface area (Å²) in [7, 11) is 1.80. The fourth-order valence-electron chi connectivity index (χ4n) is 1.59. The van der Waals surface area contributed by atoms with E-state index in [1.807, 2.05) is 12.2 Å². The van der Waals surface area contributed by atoms with Crippen LogP contribution in [0.5, 0.6) is 5.75 Å². The van der Waals surface area contributed by atoms with E-state index in [9.17, 15) is 9.59 Å². The molecule has 6 nitrogen and oxygen atoms in total. The van der Waals surface area contributed by atoms with Gasteiger partial charge >= 0.3 is 6.03 Å². The number of hydrogen-bond donors (Lipinski definition) is 3. The molecule has 110 valence electrons. The van der Waals surface area contributed by atoms with Crippen molar-refractivity contribution in [2.75, 3.05) is 7.05 Å². The van der Waals surface area contributed by atoms with Crippen molar-refractivity contribution >= 4 is 23.5 Å². The van der Waals surface area contributed by atoms with Crippen molar-refractivity contribution in [1.29, 1.82) is 0 Å². The highest BCUT2D eigenvalue weighted by atomic mass is 35.5. The number of carbonyl (C=O) groups is 2. The van der Waals surface area contributed by atoms with E-state index in [1.165, 1.54) is 6.92 Å². The molecule has 0 fully saturated rings. The standard InChI is InChI=1S/C13H18ClN3O3/c1-7(16-3)10-6-9(14)4-5-11(10)20-8(2)12(18)17-13(15)19/h4-8,16H,1-3H3,(H3,15,17,18,19). The molecule has 0 heterocycles. The zero-order valence-electron chi connectivity index (χ0n) is 11.6. The van der Waals surface area contributed by atoms with Crippen LogP contribution >= 0.6 is 11.6 Å². The van der Waals surface area contributed by atoms with Gasteiger partial charge in [0.05, 0.1) is 0 Å². The van der Waals surface area contributed by atoms with Gasteiger partial charge in [-0.3, -0.25) is 10.1 Å². The van der Waals surface area contributed by atoms with Gasteiger partial charge in [0.25, 0.3) is 5.91 Å². The Morgan fingerprint density at radius 1 is 1.35 bits per heavy atom. The second kappa shape index (κ2) is 7.12. The van der Waals surface area contributed by atoms with Gasteiger partial charge in [-0.2, -0.15) is 0 Å². The van der Waals surface area contributed by atoms with E-state index in [1.54, 1.807) is 25.2 Å². The average Bonchev–Trinajstić information content (AvgIpc) is 2.38. The van der Waals surface area contributed by atoms with Crippen molar-refractivity contribution in [2.24, 2.45) is 5.73 Å². The number of nitrogens with two attached hydrogens (primary N) is 1. The first-order valence-electron chi connectivity index (χ1n) is 6.08. The number of urea groups is 1. The minimum absolute atomic E-state index is 0.00454. The lowest BCUT2D eigenvalue weighted by molar-refractivity contribution is -0.126. The number of benzene rings is 1. The van der Waals surface area contributed by atoms with Crippen molar-refractivity contribution < 1.29 is 14.3 Å². The van der Waals surface area contributed by atoms with E-state index in [0.717, 1.165) is 5.56 Å². The Morgan fingerprint density at radius 2 is 2.00 bits per heavy atom. The number of halogens is 1. The Kier molecular flexibility index (Phi) is 5.79. The van der Waals surface area contributed by atoms with Crippen molar-refractivity contribution in [2.45, 2.75) is 26.0 Å². The molecule has 0 aliphatic heterocycles. The SMILES string of the molecule is CNC(C)c1cc(Cl)ccc1OC(C)C(=O)NC(N)=O. The number of imide groups is 1. The van der Waals surface area contributed by atoms with Crippen LogP contribution in [0.4, 0.5) is 4.79 Å². The van der Waals surface area contributed by atoms with Gasteiger partial charge in [-0.1, -0.05) is 11.6 Å². The third-order valence-electron chi connectivity index (χ3n) is 2.79. The average molecular weight is 300 g/mol. The first-order chi connectivity index (χ1) is 9.35. The fraction of sp³-hybridized carbons (Fsp3) is 0.385. The van der Waals surface area contributed by atoms with Crippen molar-refractivity contribution in [3.63, 3.8) is 0 Å². The molecule has 4 N–H and O–H groups in total. The maximum Gasteiger partial charge on any atom is 0.318 e. The van der Waals surface area contributed by atoms with E-state index in [0.29, 0.717) is 10.8 Å². The number of rotatable bonds is 5. The summed E-state index contributed by atoms with van der Waals surface area (Å²) in [6.45, 7) is 3.47. The van der Waals surface area contributed by atoms with Crippen LogP contribution in [0.2, 0.25) is 5.02 Å². The van der Waals surface area contributed by atoms with Gasteiger partial charge < -0.3 is 15.8 Å². The molecule has 0 aliphatic rings. The number of amides is 3. The third-order valence-corrected chi connectivity index (χ3v) is 3.03. The molecule has 0 saturated heterocycles. The summed E-state index contributed by atoms with van der Waals surface area (Å²) < 4.78 is 5.57. The van der Waals surface area contributed by atoms with Crippen molar-refractivity contribution in [3.05, 3.63) is 28.8 Å². The molecule has 0 saturated carbocycles. The van der Waals surface area contributed by atoms with E-state index < -0.39 is 18.0 Å². The first-order valence-corrected chi connectivity index (χ1v) is 6.46. The van der Waals surface area contributed by atoms with Crippen LogP contribution in [0.3, 0.4) is 0 Å². The summed E-state index contributed by atoms with van der Waals surface area (Å²) in [4.78, 5) is 22.2. The molecule has 0 spiro atoms. The second-order valence-electron chi connectivity index (χ2n) is 4.31. The molecule has 0 radical (unpaired) electrons. The summed E-state index contributed by atoms with van der Waals surface area (Å²) in [5.41, 5.74) is 5.71. The quantitative estimate of drug-likeness (QED) is 0.769. The van der Waals surface area contributed by atoms with Crippen LogP contribution in [0.15, 0.2) is 18.2 Å². The van der Waals surface area contributed by atoms with E-state index >= 15 is 0 Å². The van der Waals surface area contributed by atoms with Crippen LogP contribution in [0, 0.1) is 0 Å². The summed E-state index contributed by atoms with van der Waals surface area (Å²) in [5, 5.41) is 5.61. The number of ether oxygens (including phenoxy) is 1. The number of nitrogens with one attached hydrogen (secondary N) is 2. The van der Waals surface area contributed by atoms with E-state index in [-0.39, 0.29) is 6.04 Å². The molecule has 1 aromatic rings. The molecular formula is C13H18ClN3O3. The molecule has 2 unspecified atom stereocenters. The van der Waals surface area contributed by atoms with Crippen molar-refractivity contribution in [1.82, 2.24) is 10.6 Å². The molecule has 1 rings (SSSR count). The van der Waals surface area contributed by atoms with Gasteiger partial charge in [-0.25, -0.2) is 4.79 Å². The Labute approximate surface area is 122 Å². The highest BCUT2D eigenvalue weighted by molar-refractivity contribution is 6.30. The van der Waals surface area contributed by atoms with Crippen LogP contribution in [-0.4, -0.2) is 25.1 Å².